The van der Waals surface area contributed by atoms with Crippen LogP contribution in [0, 0.1) is 23.2 Å². The molecule has 1 spiro atoms. The molecule has 35 heavy (non-hydrogen) atoms. The van der Waals surface area contributed by atoms with Gasteiger partial charge in [-0.05, 0) is 81.9 Å². The monoisotopic (exact) mass is 485 g/mol. The van der Waals surface area contributed by atoms with Crippen molar-refractivity contribution >= 4 is 17.8 Å². The lowest BCUT2D eigenvalue weighted by molar-refractivity contribution is -0.146. The summed E-state index contributed by atoms with van der Waals surface area (Å²) < 4.78 is 10.4. The van der Waals surface area contributed by atoms with Gasteiger partial charge in [0.15, 0.2) is 0 Å². The van der Waals surface area contributed by atoms with Crippen LogP contribution in [-0.2, 0) is 25.5 Å². The van der Waals surface area contributed by atoms with Crippen LogP contribution in [0.5, 0.6) is 5.75 Å². The van der Waals surface area contributed by atoms with Gasteiger partial charge < -0.3 is 19.5 Å². The SMILES string of the molecule is COC(=O)[C@@H](C)[C@H](c1ccc(CCC(=O)C2CC3(C2)CN(C(=O)OC(C)(C)C)C3)c(O)c1)C1CC1. The maximum atomic E-state index is 12.8. The van der Waals surface area contributed by atoms with Gasteiger partial charge in [0.05, 0.1) is 13.0 Å². The van der Waals surface area contributed by atoms with Crippen LogP contribution < -0.4 is 0 Å². The quantitative estimate of drug-likeness (QED) is 0.530. The van der Waals surface area contributed by atoms with E-state index in [2.05, 4.69) is 0 Å². The van der Waals surface area contributed by atoms with Crippen LogP contribution in [0.2, 0.25) is 0 Å². The first kappa shape index (κ1) is 25.5. The molecule has 2 aliphatic carbocycles. The molecule has 0 aromatic heterocycles. The number of amides is 1. The lowest BCUT2D eigenvalue weighted by Crippen LogP contribution is -2.65. The van der Waals surface area contributed by atoms with E-state index in [1.807, 2.05) is 39.8 Å². The fourth-order valence-electron chi connectivity index (χ4n) is 5.91. The lowest BCUT2D eigenvalue weighted by atomic mass is 9.56. The maximum absolute atomic E-state index is 12.8. The first-order valence-corrected chi connectivity index (χ1v) is 12.8. The van der Waals surface area contributed by atoms with Crippen molar-refractivity contribution in [2.24, 2.45) is 23.2 Å². The number of likely N-dealkylation sites (tertiary alicyclic amines) is 1. The van der Waals surface area contributed by atoms with Gasteiger partial charge in [0, 0.05) is 30.8 Å². The first-order valence-electron chi connectivity index (χ1n) is 12.8. The molecule has 1 heterocycles. The fraction of sp³-hybridized carbons (Fsp3) is 0.679. The summed E-state index contributed by atoms with van der Waals surface area (Å²) in [6.45, 7) is 8.80. The summed E-state index contributed by atoms with van der Waals surface area (Å²) in [4.78, 5) is 38.8. The molecule has 1 aromatic rings. The number of rotatable bonds is 8. The van der Waals surface area contributed by atoms with E-state index in [4.69, 9.17) is 9.47 Å². The van der Waals surface area contributed by atoms with Crippen LogP contribution in [0.4, 0.5) is 4.79 Å². The Morgan fingerprint density at radius 2 is 1.83 bits per heavy atom. The minimum atomic E-state index is -0.500. The molecule has 7 heteroatoms. The molecule has 3 fully saturated rings. The number of carbonyl (C=O) groups is 3. The number of Topliss-reactive ketones (excluding diaryl/α,β-unsaturated/α-hetero) is 1. The number of benzene rings is 1. The molecular weight excluding hydrogens is 446 g/mol. The van der Waals surface area contributed by atoms with Gasteiger partial charge in [-0.3, -0.25) is 9.59 Å². The Kier molecular flexibility index (Phi) is 6.91. The van der Waals surface area contributed by atoms with Crippen LogP contribution in [-0.4, -0.2) is 53.7 Å². The van der Waals surface area contributed by atoms with E-state index < -0.39 is 5.60 Å². The highest BCUT2D eigenvalue weighted by molar-refractivity contribution is 5.83. The summed E-state index contributed by atoms with van der Waals surface area (Å²) in [5.74, 6) is 0.452. The predicted molar refractivity (Wildman–Crippen MR) is 131 cm³/mol. The van der Waals surface area contributed by atoms with Gasteiger partial charge in [0.1, 0.15) is 17.1 Å². The van der Waals surface area contributed by atoms with Crippen molar-refractivity contribution in [3.05, 3.63) is 29.3 Å². The van der Waals surface area contributed by atoms with Crippen molar-refractivity contribution in [3.8, 4) is 5.75 Å². The minimum Gasteiger partial charge on any atom is -0.508 e. The summed E-state index contributed by atoms with van der Waals surface area (Å²) in [6, 6.07) is 5.64. The second-order valence-electron chi connectivity index (χ2n) is 12.0. The normalized spacial score (nSPS) is 21.0. The Labute approximate surface area is 208 Å². The Morgan fingerprint density at radius 1 is 1.17 bits per heavy atom. The Morgan fingerprint density at radius 3 is 2.37 bits per heavy atom. The Hall–Kier alpha value is -2.57. The second-order valence-corrected chi connectivity index (χ2v) is 12.0. The van der Waals surface area contributed by atoms with Crippen molar-refractivity contribution in [2.45, 2.75) is 77.7 Å². The molecule has 3 aliphatic rings. The number of hydrogen-bond acceptors (Lipinski definition) is 6. The number of ketones is 1. The van der Waals surface area contributed by atoms with Gasteiger partial charge in [0.2, 0.25) is 0 Å². The molecular formula is C28H39NO6. The number of ether oxygens (including phenoxy) is 2. The zero-order valence-electron chi connectivity index (χ0n) is 21.6. The third-order valence-electron chi connectivity index (χ3n) is 7.89. The highest BCUT2D eigenvalue weighted by atomic mass is 16.6. The van der Waals surface area contributed by atoms with E-state index in [-0.39, 0.29) is 46.8 Å². The van der Waals surface area contributed by atoms with Gasteiger partial charge in [-0.25, -0.2) is 4.79 Å². The number of hydrogen-bond donors (Lipinski definition) is 1. The number of aromatic hydroxyl groups is 1. The summed E-state index contributed by atoms with van der Waals surface area (Å²) in [6.07, 6.45) is 4.44. The van der Waals surface area contributed by atoms with Crippen molar-refractivity contribution < 1.29 is 29.0 Å². The fourth-order valence-corrected chi connectivity index (χ4v) is 5.91. The molecule has 1 aromatic carbocycles. The molecule has 1 saturated heterocycles. The Bertz CT molecular complexity index is 978. The number of nitrogens with zero attached hydrogens (tertiary/aromatic N) is 1. The van der Waals surface area contributed by atoms with Gasteiger partial charge in [0.25, 0.3) is 0 Å². The maximum Gasteiger partial charge on any atom is 0.410 e. The molecule has 2 saturated carbocycles. The van der Waals surface area contributed by atoms with E-state index in [9.17, 15) is 19.5 Å². The van der Waals surface area contributed by atoms with Crippen molar-refractivity contribution in [1.82, 2.24) is 4.90 Å². The highest BCUT2D eigenvalue weighted by Gasteiger charge is 2.55. The van der Waals surface area contributed by atoms with Gasteiger partial charge in [-0.1, -0.05) is 19.1 Å². The van der Waals surface area contributed by atoms with Gasteiger partial charge >= 0.3 is 12.1 Å². The third kappa shape index (κ3) is 5.65. The first-order chi connectivity index (χ1) is 16.4. The third-order valence-corrected chi connectivity index (χ3v) is 7.89. The molecule has 4 rings (SSSR count). The number of carbonyl (C=O) groups excluding carboxylic acids is 3. The van der Waals surface area contributed by atoms with Crippen molar-refractivity contribution in [3.63, 3.8) is 0 Å². The van der Waals surface area contributed by atoms with E-state index in [0.717, 1.165) is 36.8 Å². The number of esters is 1. The summed E-state index contributed by atoms with van der Waals surface area (Å²) in [5.41, 5.74) is 1.30. The number of aryl methyl sites for hydroxylation is 1. The highest BCUT2D eigenvalue weighted by Crippen LogP contribution is 2.53. The van der Waals surface area contributed by atoms with E-state index in [1.54, 1.807) is 11.0 Å². The minimum absolute atomic E-state index is 0.0392. The van der Waals surface area contributed by atoms with Crippen molar-refractivity contribution in [2.75, 3.05) is 20.2 Å². The van der Waals surface area contributed by atoms with Crippen LogP contribution in [0.25, 0.3) is 0 Å². The summed E-state index contributed by atoms with van der Waals surface area (Å²) in [5, 5.41) is 10.7. The number of phenolic OH excluding ortho intramolecular Hbond substituents is 1. The second kappa shape index (κ2) is 9.47. The summed E-state index contributed by atoms with van der Waals surface area (Å²) in [7, 11) is 1.41. The smallest absolute Gasteiger partial charge is 0.410 e. The summed E-state index contributed by atoms with van der Waals surface area (Å²) >= 11 is 0. The molecule has 0 unspecified atom stereocenters. The average molecular weight is 486 g/mol. The predicted octanol–water partition coefficient (Wildman–Crippen LogP) is 4.84. The van der Waals surface area contributed by atoms with Crippen LogP contribution in [0.3, 0.4) is 0 Å². The molecule has 0 bridgehead atoms. The zero-order chi connectivity index (χ0) is 25.5. The van der Waals surface area contributed by atoms with Gasteiger partial charge in [-0.15, -0.1) is 0 Å². The topological polar surface area (TPSA) is 93.1 Å². The van der Waals surface area contributed by atoms with Crippen LogP contribution in [0.1, 0.15) is 76.8 Å². The van der Waals surface area contributed by atoms with Crippen LogP contribution >= 0.6 is 0 Å². The number of phenols is 1. The molecule has 7 nitrogen and oxygen atoms in total. The molecule has 192 valence electrons. The van der Waals surface area contributed by atoms with Crippen molar-refractivity contribution in [1.29, 1.82) is 0 Å². The zero-order valence-corrected chi connectivity index (χ0v) is 21.6. The number of methoxy groups -OCH3 is 1. The molecule has 1 N–H and O–H groups in total. The van der Waals surface area contributed by atoms with Gasteiger partial charge in [-0.2, -0.15) is 0 Å². The molecule has 0 radical (unpaired) electrons. The standard InChI is InChI=1S/C28H39NO6/c1-17(25(32)34-5)24(19-7-8-19)20-9-6-18(23(31)12-20)10-11-22(30)21-13-28(14-21)15-29(16-28)26(33)35-27(2,3)4/h6,9,12,17,19,21,24,31H,7-8,10-11,13-16H2,1-5H3/t17-,24-/m0/s1. The Balaban J connectivity index is 1.26. The molecule has 1 amide bonds. The largest absolute Gasteiger partial charge is 0.508 e. The average Bonchev–Trinajstić information content (AvgIpc) is 3.54. The van der Waals surface area contributed by atoms with E-state index in [0.29, 0.717) is 31.8 Å². The van der Waals surface area contributed by atoms with E-state index >= 15 is 0 Å². The van der Waals surface area contributed by atoms with Crippen LogP contribution in [0.15, 0.2) is 18.2 Å². The molecule has 1 aliphatic heterocycles. The van der Waals surface area contributed by atoms with E-state index in [1.165, 1.54) is 7.11 Å². The lowest BCUT2D eigenvalue weighted by Gasteiger charge is -2.58. The molecule has 2 atom stereocenters.